The van der Waals surface area contributed by atoms with E-state index in [9.17, 15) is 9.18 Å². The van der Waals surface area contributed by atoms with Gasteiger partial charge in [-0.15, -0.1) is 0 Å². The van der Waals surface area contributed by atoms with E-state index in [4.69, 9.17) is 9.72 Å². The second-order valence-electron chi connectivity index (χ2n) is 11.0. The number of para-hydroxylation sites is 2. The maximum atomic E-state index is 13.8. The second-order valence-corrected chi connectivity index (χ2v) is 11.0. The van der Waals surface area contributed by atoms with Gasteiger partial charge in [-0.1, -0.05) is 42.5 Å². The lowest BCUT2D eigenvalue weighted by molar-refractivity contribution is 0.0782. The molecule has 1 aliphatic rings. The van der Waals surface area contributed by atoms with Gasteiger partial charge in [0, 0.05) is 57.9 Å². The van der Waals surface area contributed by atoms with Crippen LogP contribution in [-0.2, 0) is 11.3 Å². The van der Waals surface area contributed by atoms with E-state index in [1.807, 2.05) is 62.5 Å². The number of rotatable bonds is 12. The van der Waals surface area contributed by atoms with Gasteiger partial charge in [0.1, 0.15) is 5.82 Å². The molecule has 0 N–H and O–H groups in total. The molecule has 1 fully saturated rings. The van der Waals surface area contributed by atoms with Crippen LogP contribution in [0.5, 0.6) is 0 Å². The lowest BCUT2D eigenvalue weighted by Gasteiger charge is -2.28. The molecule has 1 unspecified atom stereocenters. The van der Waals surface area contributed by atoms with Crippen LogP contribution in [-0.4, -0.2) is 84.8 Å². The molecular formula is C34H42FN5O2. The van der Waals surface area contributed by atoms with Gasteiger partial charge in [-0.3, -0.25) is 4.79 Å². The molecule has 8 heteroatoms. The number of aromatic nitrogens is 2. The van der Waals surface area contributed by atoms with Crippen LogP contribution in [0.4, 0.5) is 10.3 Å². The number of likely N-dealkylation sites (N-methyl/N-ethyl adjacent to an activating group) is 1. The van der Waals surface area contributed by atoms with Gasteiger partial charge in [0.15, 0.2) is 0 Å². The highest BCUT2D eigenvalue weighted by Gasteiger charge is 2.23. The molecule has 0 saturated carbocycles. The number of carbonyl (C=O) groups excluding carboxylic acids is 1. The zero-order chi connectivity index (χ0) is 29.3. The minimum absolute atomic E-state index is 0.000326. The lowest BCUT2D eigenvalue weighted by atomic mass is 9.94. The predicted octanol–water partition coefficient (Wildman–Crippen LogP) is 5.67. The number of amides is 1. The summed E-state index contributed by atoms with van der Waals surface area (Å²) in [6.07, 6.45) is 1.92. The molecule has 1 amide bonds. The first-order chi connectivity index (χ1) is 20.5. The van der Waals surface area contributed by atoms with Crippen molar-refractivity contribution >= 4 is 22.9 Å². The Labute approximate surface area is 248 Å². The molecule has 1 aromatic heterocycles. The maximum absolute atomic E-state index is 13.8. The highest BCUT2D eigenvalue weighted by molar-refractivity contribution is 5.94. The number of anilines is 1. The van der Waals surface area contributed by atoms with Crippen LogP contribution >= 0.6 is 0 Å². The normalized spacial score (nSPS) is 15.1. The van der Waals surface area contributed by atoms with Crippen LogP contribution in [0, 0.1) is 5.82 Å². The highest BCUT2D eigenvalue weighted by atomic mass is 19.1. The number of hydrogen-bond donors (Lipinski definition) is 0. The van der Waals surface area contributed by atoms with E-state index in [1.165, 1.54) is 12.1 Å². The zero-order valence-corrected chi connectivity index (χ0v) is 24.8. The Morgan fingerprint density at radius 2 is 1.71 bits per heavy atom. The van der Waals surface area contributed by atoms with Crippen LogP contribution in [0.3, 0.4) is 0 Å². The monoisotopic (exact) mass is 571 g/mol. The van der Waals surface area contributed by atoms with Gasteiger partial charge in [0.05, 0.1) is 17.6 Å². The Morgan fingerprint density at radius 3 is 2.50 bits per heavy atom. The number of halogens is 1. The summed E-state index contributed by atoms with van der Waals surface area (Å²) in [7, 11) is 1.85. The molecule has 222 valence electrons. The smallest absolute Gasteiger partial charge is 0.253 e. The topological polar surface area (TPSA) is 53.8 Å². The Kier molecular flexibility index (Phi) is 10.2. The Hall–Kier alpha value is -3.75. The molecule has 7 nitrogen and oxygen atoms in total. The lowest BCUT2D eigenvalue weighted by Crippen LogP contribution is -2.35. The molecule has 4 aromatic rings. The highest BCUT2D eigenvalue weighted by Crippen LogP contribution is 2.26. The Morgan fingerprint density at radius 1 is 0.952 bits per heavy atom. The Bertz CT molecular complexity index is 1430. The average Bonchev–Trinajstić information content (AvgIpc) is 3.21. The average molecular weight is 572 g/mol. The van der Waals surface area contributed by atoms with Gasteiger partial charge in [0.25, 0.3) is 5.91 Å². The van der Waals surface area contributed by atoms with Gasteiger partial charge >= 0.3 is 0 Å². The molecule has 0 radical (unpaired) electrons. The molecule has 1 saturated heterocycles. The zero-order valence-electron chi connectivity index (χ0n) is 24.8. The molecular weight excluding hydrogens is 529 g/mol. The van der Waals surface area contributed by atoms with E-state index in [-0.39, 0.29) is 17.6 Å². The summed E-state index contributed by atoms with van der Waals surface area (Å²) in [6.45, 7) is 9.43. The van der Waals surface area contributed by atoms with E-state index < -0.39 is 0 Å². The first kappa shape index (κ1) is 29.7. The fraction of sp³-hybridized carbons (Fsp3) is 0.412. The number of carbonyl (C=O) groups is 1. The molecule has 0 spiro atoms. The van der Waals surface area contributed by atoms with Crippen molar-refractivity contribution in [2.24, 2.45) is 0 Å². The van der Waals surface area contributed by atoms with Crippen molar-refractivity contribution in [1.82, 2.24) is 19.4 Å². The molecule has 0 bridgehead atoms. The molecule has 3 aromatic carbocycles. The molecule has 5 rings (SSSR count). The molecule has 42 heavy (non-hydrogen) atoms. The second kappa shape index (κ2) is 14.4. The first-order valence-electron chi connectivity index (χ1n) is 15.1. The molecule has 1 aliphatic heterocycles. The van der Waals surface area contributed by atoms with E-state index in [1.54, 1.807) is 4.90 Å². The SMILES string of the molecule is CCOCCn1c(N2CCCN(CCC(CN(C)C(=O)c3ccccc3)c3ccc(F)cc3)CC2)nc2ccccc21. The van der Waals surface area contributed by atoms with Crippen molar-refractivity contribution in [1.29, 1.82) is 0 Å². The largest absolute Gasteiger partial charge is 0.380 e. The maximum Gasteiger partial charge on any atom is 0.253 e. The van der Waals surface area contributed by atoms with Crippen LogP contribution in [0.1, 0.15) is 41.6 Å². The summed E-state index contributed by atoms with van der Waals surface area (Å²) in [4.78, 5) is 24.8. The predicted molar refractivity (Wildman–Crippen MR) is 167 cm³/mol. The van der Waals surface area contributed by atoms with Gasteiger partial charge in [-0.05, 0) is 74.8 Å². The van der Waals surface area contributed by atoms with Crippen LogP contribution in [0.15, 0.2) is 78.9 Å². The summed E-state index contributed by atoms with van der Waals surface area (Å²) in [5.41, 5.74) is 3.90. The van der Waals surface area contributed by atoms with Crippen molar-refractivity contribution < 1.29 is 13.9 Å². The number of benzene rings is 3. The third-order valence-corrected chi connectivity index (χ3v) is 8.17. The van der Waals surface area contributed by atoms with Crippen LogP contribution < -0.4 is 4.90 Å². The van der Waals surface area contributed by atoms with E-state index in [2.05, 4.69) is 32.6 Å². The fourth-order valence-electron chi connectivity index (χ4n) is 5.87. The number of imidazole rings is 1. The van der Waals surface area contributed by atoms with Crippen LogP contribution in [0.2, 0.25) is 0 Å². The standard InChI is InChI=1S/C34H42FN5O2/c1-3-42-25-24-40-32-13-8-7-12-31(32)36-34(40)39-20-9-19-38(22-23-39)21-18-29(27-14-16-30(35)17-15-27)26-37(2)33(41)28-10-5-4-6-11-28/h4-8,10-17,29H,3,9,18-26H2,1-2H3. The minimum Gasteiger partial charge on any atom is -0.380 e. The summed E-state index contributed by atoms with van der Waals surface area (Å²) < 4.78 is 21.7. The third kappa shape index (κ3) is 7.36. The van der Waals surface area contributed by atoms with Crippen molar-refractivity contribution in [3.05, 3.63) is 95.8 Å². The molecule has 1 atom stereocenters. The summed E-state index contributed by atoms with van der Waals surface area (Å²) >= 11 is 0. The van der Waals surface area contributed by atoms with Crippen molar-refractivity contribution in [3.63, 3.8) is 0 Å². The van der Waals surface area contributed by atoms with Crippen molar-refractivity contribution in [2.45, 2.75) is 32.2 Å². The first-order valence-corrected chi connectivity index (χ1v) is 15.1. The van der Waals surface area contributed by atoms with Gasteiger partial charge in [-0.25, -0.2) is 9.37 Å². The number of fused-ring (bicyclic) bond motifs is 1. The number of ether oxygens (including phenoxy) is 1. The fourth-order valence-corrected chi connectivity index (χ4v) is 5.87. The number of nitrogens with zero attached hydrogens (tertiary/aromatic N) is 5. The Balaban J connectivity index is 1.25. The summed E-state index contributed by atoms with van der Waals surface area (Å²) in [5, 5.41) is 0. The third-order valence-electron chi connectivity index (χ3n) is 8.17. The van der Waals surface area contributed by atoms with Gasteiger partial charge in [0.2, 0.25) is 5.95 Å². The van der Waals surface area contributed by atoms with E-state index >= 15 is 0 Å². The quantitative estimate of drug-likeness (QED) is 0.205. The summed E-state index contributed by atoms with van der Waals surface area (Å²) in [6, 6.07) is 24.4. The minimum atomic E-state index is -0.244. The summed E-state index contributed by atoms with van der Waals surface area (Å²) in [5.74, 6) is 0.875. The van der Waals surface area contributed by atoms with Gasteiger partial charge in [-0.2, -0.15) is 0 Å². The van der Waals surface area contributed by atoms with E-state index in [0.29, 0.717) is 25.3 Å². The van der Waals surface area contributed by atoms with E-state index in [0.717, 1.165) is 74.7 Å². The van der Waals surface area contributed by atoms with Crippen LogP contribution in [0.25, 0.3) is 11.0 Å². The molecule has 2 heterocycles. The molecule has 0 aliphatic carbocycles. The van der Waals surface area contributed by atoms with Crippen molar-refractivity contribution in [3.8, 4) is 0 Å². The van der Waals surface area contributed by atoms with Crippen molar-refractivity contribution in [2.75, 3.05) is 64.4 Å². The van der Waals surface area contributed by atoms with Gasteiger partial charge < -0.3 is 24.0 Å². The number of hydrogen-bond acceptors (Lipinski definition) is 5.